The van der Waals surface area contributed by atoms with Crippen LogP contribution in [0, 0.1) is 17.1 Å². The van der Waals surface area contributed by atoms with Crippen LogP contribution in [0.3, 0.4) is 0 Å². The first kappa shape index (κ1) is 22.0. The standard InChI is InChI=1S/C21H19FN8O2S/c1-11(26-20-16(10-23)19(24)27-21(25)28-20)18-15-7-6-12(22)8-17(15)30(29-18)13-4-3-5-14(9-13)33(2,31)32/h3-9,11H,1-2H3,(H5,24,25,26,27,28). The first-order valence-corrected chi connectivity index (χ1v) is 11.6. The van der Waals surface area contributed by atoms with Gasteiger partial charge in [-0.3, -0.25) is 0 Å². The summed E-state index contributed by atoms with van der Waals surface area (Å²) in [6.07, 6.45) is 1.11. The molecule has 1 unspecified atom stereocenters. The third-order valence-electron chi connectivity index (χ3n) is 4.99. The van der Waals surface area contributed by atoms with Gasteiger partial charge in [0.15, 0.2) is 15.7 Å². The van der Waals surface area contributed by atoms with E-state index in [2.05, 4.69) is 20.4 Å². The van der Waals surface area contributed by atoms with Crippen LogP contribution < -0.4 is 16.8 Å². The van der Waals surface area contributed by atoms with Crippen LogP contribution in [0.5, 0.6) is 0 Å². The number of nitrogen functional groups attached to an aromatic ring is 2. The van der Waals surface area contributed by atoms with Crippen LogP contribution in [-0.4, -0.2) is 34.4 Å². The summed E-state index contributed by atoms with van der Waals surface area (Å²) in [5.41, 5.74) is 12.9. The lowest BCUT2D eigenvalue weighted by atomic mass is 10.1. The minimum atomic E-state index is -3.46. The predicted octanol–water partition coefficient (Wildman–Crippen LogP) is 2.57. The van der Waals surface area contributed by atoms with Crippen LogP contribution in [0.15, 0.2) is 47.4 Å². The fourth-order valence-electron chi connectivity index (χ4n) is 3.46. The van der Waals surface area contributed by atoms with Gasteiger partial charge in [0.1, 0.15) is 23.3 Å². The van der Waals surface area contributed by atoms with Crippen molar-refractivity contribution in [2.24, 2.45) is 0 Å². The number of nitrogens with two attached hydrogens (primary N) is 2. The van der Waals surface area contributed by atoms with E-state index < -0.39 is 21.7 Å². The highest BCUT2D eigenvalue weighted by atomic mass is 32.2. The number of aromatic nitrogens is 4. The molecule has 0 fully saturated rings. The number of rotatable bonds is 5. The zero-order valence-corrected chi connectivity index (χ0v) is 18.4. The second-order valence-electron chi connectivity index (χ2n) is 7.40. The number of anilines is 3. The van der Waals surface area contributed by atoms with Crippen molar-refractivity contribution < 1.29 is 12.8 Å². The maximum atomic E-state index is 14.1. The Labute approximate surface area is 188 Å². The molecular weight excluding hydrogens is 447 g/mol. The topological polar surface area (TPSA) is 166 Å². The fraction of sp³-hybridized carbons (Fsp3) is 0.143. The van der Waals surface area contributed by atoms with Crippen LogP contribution in [-0.2, 0) is 9.84 Å². The van der Waals surface area contributed by atoms with Gasteiger partial charge in [0, 0.05) is 17.7 Å². The minimum absolute atomic E-state index is 0.0340. The molecule has 2 heterocycles. The number of fused-ring (bicyclic) bond motifs is 1. The first-order chi connectivity index (χ1) is 15.6. The molecule has 2 aromatic heterocycles. The van der Waals surface area contributed by atoms with E-state index in [1.807, 2.05) is 6.07 Å². The Balaban J connectivity index is 1.85. The van der Waals surface area contributed by atoms with Gasteiger partial charge < -0.3 is 16.8 Å². The van der Waals surface area contributed by atoms with Crippen molar-refractivity contribution in [2.45, 2.75) is 17.9 Å². The molecule has 2 aromatic carbocycles. The lowest BCUT2D eigenvalue weighted by molar-refractivity contribution is 0.601. The summed E-state index contributed by atoms with van der Waals surface area (Å²) in [6.45, 7) is 1.78. The van der Waals surface area contributed by atoms with Crippen LogP contribution in [0.4, 0.5) is 22.0 Å². The molecule has 0 saturated heterocycles. The van der Waals surface area contributed by atoms with Gasteiger partial charge in [-0.15, -0.1) is 0 Å². The molecule has 5 N–H and O–H groups in total. The highest BCUT2D eigenvalue weighted by Crippen LogP contribution is 2.30. The summed E-state index contributed by atoms with van der Waals surface area (Å²) in [7, 11) is -3.46. The molecule has 33 heavy (non-hydrogen) atoms. The molecule has 0 radical (unpaired) electrons. The van der Waals surface area contributed by atoms with E-state index in [0.717, 1.165) is 6.26 Å². The molecule has 0 bridgehead atoms. The maximum Gasteiger partial charge on any atom is 0.224 e. The SMILES string of the molecule is CC(Nc1nc(N)nc(N)c1C#N)c1nn(-c2cccc(S(C)(=O)=O)c2)c2cc(F)ccc12. The van der Waals surface area contributed by atoms with E-state index in [-0.39, 0.29) is 28.0 Å². The number of hydrogen-bond donors (Lipinski definition) is 3. The molecule has 0 aliphatic carbocycles. The van der Waals surface area contributed by atoms with Crippen molar-refractivity contribution in [3.63, 3.8) is 0 Å². The number of benzene rings is 2. The van der Waals surface area contributed by atoms with E-state index in [4.69, 9.17) is 11.5 Å². The summed E-state index contributed by atoms with van der Waals surface area (Å²) in [6, 6.07) is 11.8. The van der Waals surface area contributed by atoms with Crippen LogP contribution in [0.1, 0.15) is 24.2 Å². The number of halogens is 1. The summed E-state index contributed by atoms with van der Waals surface area (Å²) in [4.78, 5) is 7.96. The minimum Gasteiger partial charge on any atom is -0.382 e. The van der Waals surface area contributed by atoms with E-state index in [9.17, 15) is 18.1 Å². The van der Waals surface area contributed by atoms with Gasteiger partial charge in [-0.1, -0.05) is 6.07 Å². The molecule has 0 saturated carbocycles. The fourth-order valence-corrected chi connectivity index (χ4v) is 4.12. The second-order valence-corrected chi connectivity index (χ2v) is 9.41. The average Bonchev–Trinajstić information content (AvgIpc) is 3.12. The third kappa shape index (κ3) is 4.13. The molecule has 168 valence electrons. The zero-order chi connectivity index (χ0) is 23.9. The Kier molecular flexibility index (Phi) is 5.35. The number of nitrogens with one attached hydrogen (secondary N) is 1. The molecule has 0 aliphatic heterocycles. The second kappa shape index (κ2) is 8.03. The van der Waals surface area contributed by atoms with Gasteiger partial charge in [0.25, 0.3) is 0 Å². The van der Waals surface area contributed by atoms with Gasteiger partial charge in [0.2, 0.25) is 5.95 Å². The number of hydrogen-bond acceptors (Lipinski definition) is 9. The number of nitrogens with zero attached hydrogens (tertiary/aromatic N) is 5. The lowest BCUT2D eigenvalue weighted by Crippen LogP contribution is -2.14. The summed E-state index contributed by atoms with van der Waals surface area (Å²) in [5.74, 6) is -0.497. The van der Waals surface area contributed by atoms with Crippen molar-refractivity contribution >= 4 is 38.3 Å². The highest BCUT2D eigenvalue weighted by molar-refractivity contribution is 7.90. The first-order valence-electron chi connectivity index (χ1n) is 9.66. The van der Waals surface area contributed by atoms with E-state index in [0.29, 0.717) is 22.3 Å². The Bertz CT molecular complexity index is 1540. The van der Waals surface area contributed by atoms with Crippen molar-refractivity contribution in [3.8, 4) is 11.8 Å². The quantitative estimate of drug-likeness (QED) is 0.400. The van der Waals surface area contributed by atoms with E-state index in [1.54, 1.807) is 25.1 Å². The zero-order valence-electron chi connectivity index (χ0n) is 17.6. The van der Waals surface area contributed by atoms with Crippen LogP contribution >= 0.6 is 0 Å². The molecule has 0 amide bonds. The molecule has 0 spiro atoms. The Morgan fingerprint density at radius 3 is 2.64 bits per heavy atom. The van der Waals surface area contributed by atoms with Gasteiger partial charge in [-0.25, -0.2) is 17.5 Å². The normalized spacial score (nSPS) is 12.4. The summed E-state index contributed by atoms with van der Waals surface area (Å²) >= 11 is 0. The number of sulfone groups is 1. The van der Waals surface area contributed by atoms with E-state index in [1.165, 1.54) is 28.9 Å². The summed E-state index contributed by atoms with van der Waals surface area (Å²) in [5, 5.41) is 17.7. The number of nitriles is 1. The molecule has 12 heteroatoms. The molecule has 1 atom stereocenters. The largest absolute Gasteiger partial charge is 0.382 e. The van der Waals surface area contributed by atoms with Crippen molar-refractivity contribution in [2.75, 3.05) is 23.0 Å². The third-order valence-corrected chi connectivity index (χ3v) is 6.10. The smallest absolute Gasteiger partial charge is 0.224 e. The monoisotopic (exact) mass is 466 g/mol. The molecule has 10 nitrogen and oxygen atoms in total. The van der Waals surface area contributed by atoms with Gasteiger partial charge >= 0.3 is 0 Å². The van der Waals surface area contributed by atoms with E-state index >= 15 is 0 Å². The average molecular weight is 467 g/mol. The van der Waals surface area contributed by atoms with Crippen molar-refractivity contribution in [1.82, 2.24) is 19.7 Å². The predicted molar refractivity (Wildman–Crippen MR) is 122 cm³/mol. The highest BCUT2D eigenvalue weighted by Gasteiger charge is 2.21. The molecule has 0 aliphatic rings. The Morgan fingerprint density at radius 2 is 1.94 bits per heavy atom. The maximum absolute atomic E-state index is 14.1. The van der Waals surface area contributed by atoms with Crippen LogP contribution in [0.2, 0.25) is 0 Å². The Morgan fingerprint density at radius 1 is 1.18 bits per heavy atom. The van der Waals surface area contributed by atoms with Gasteiger partial charge in [-0.05, 0) is 37.3 Å². The Hall–Kier alpha value is -4.24. The summed E-state index contributed by atoms with van der Waals surface area (Å²) < 4.78 is 39.6. The lowest BCUT2D eigenvalue weighted by Gasteiger charge is -2.15. The molecule has 4 rings (SSSR count). The molecule has 4 aromatic rings. The van der Waals surface area contributed by atoms with Gasteiger partial charge in [-0.2, -0.15) is 20.3 Å². The van der Waals surface area contributed by atoms with Crippen molar-refractivity contribution in [1.29, 1.82) is 5.26 Å². The van der Waals surface area contributed by atoms with Crippen molar-refractivity contribution in [3.05, 3.63) is 59.5 Å². The van der Waals surface area contributed by atoms with Gasteiger partial charge in [0.05, 0.1) is 27.8 Å². The molecular formula is C21H19FN8O2S. The van der Waals surface area contributed by atoms with Crippen LogP contribution in [0.25, 0.3) is 16.6 Å².